The molecule has 8 nitrogen and oxygen atoms in total. The highest BCUT2D eigenvalue weighted by molar-refractivity contribution is 6.35. The summed E-state index contributed by atoms with van der Waals surface area (Å²) < 4.78 is 5.45. The molecule has 0 saturated heterocycles. The van der Waals surface area contributed by atoms with Crippen LogP contribution < -0.4 is 10.5 Å². The number of nitro benzene ring substituents is 1. The molecule has 0 aliphatic carbocycles. The second kappa shape index (κ2) is 9.75. The number of hydrogen-bond acceptors (Lipinski definition) is 6. The predicted octanol–water partition coefficient (Wildman–Crippen LogP) is 3.92. The van der Waals surface area contributed by atoms with E-state index in [0.717, 1.165) is 0 Å². The molecule has 142 valence electrons. The van der Waals surface area contributed by atoms with Crippen molar-refractivity contribution >= 4 is 40.7 Å². The Morgan fingerprint density at radius 1 is 1.22 bits per heavy atom. The summed E-state index contributed by atoms with van der Waals surface area (Å²) in [6, 6.07) is 10.3. The summed E-state index contributed by atoms with van der Waals surface area (Å²) in [5.74, 6) is -0.298. The fourth-order valence-corrected chi connectivity index (χ4v) is 2.43. The molecule has 0 saturated carbocycles. The fourth-order valence-electron chi connectivity index (χ4n) is 1.97. The quantitative estimate of drug-likeness (QED) is 0.175. The summed E-state index contributed by atoms with van der Waals surface area (Å²) in [4.78, 5) is 26.6. The van der Waals surface area contributed by atoms with Crippen molar-refractivity contribution in [2.45, 2.75) is 12.8 Å². The molecule has 0 fully saturated rings. The van der Waals surface area contributed by atoms with Crippen molar-refractivity contribution in [2.24, 2.45) is 10.9 Å². The first-order valence-corrected chi connectivity index (χ1v) is 8.48. The summed E-state index contributed by atoms with van der Waals surface area (Å²) in [5.41, 5.74) is 5.80. The lowest BCUT2D eigenvalue weighted by Gasteiger charge is -2.07. The zero-order valence-corrected chi connectivity index (χ0v) is 15.4. The molecule has 0 unspecified atom stereocenters. The van der Waals surface area contributed by atoms with Gasteiger partial charge in [-0.25, -0.2) is 4.79 Å². The second-order valence-corrected chi connectivity index (χ2v) is 6.12. The average Bonchev–Trinajstić information content (AvgIpc) is 2.64. The number of benzene rings is 2. The third kappa shape index (κ3) is 6.43. The average molecular weight is 412 g/mol. The molecule has 0 heterocycles. The van der Waals surface area contributed by atoms with Gasteiger partial charge in [0, 0.05) is 22.7 Å². The van der Waals surface area contributed by atoms with Crippen molar-refractivity contribution in [1.82, 2.24) is 0 Å². The Morgan fingerprint density at radius 2 is 2.00 bits per heavy atom. The molecule has 0 spiro atoms. The van der Waals surface area contributed by atoms with Gasteiger partial charge in [-0.05, 0) is 24.6 Å². The molecule has 2 aromatic rings. The Morgan fingerprint density at radius 3 is 2.70 bits per heavy atom. The van der Waals surface area contributed by atoms with Crippen LogP contribution in [-0.2, 0) is 9.63 Å². The zero-order valence-electron chi connectivity index (χ0n) is 13.9. The van der Waals surface area contributed by atoms with Crippen LogP contribution in [0.4, 0.5) is 5.69 Å². The van der Waals surface area contributed by atoms with E-state index >= 15 is 0 Å². The number of carbonyl (C=O) groups is 1. The van der Waals surface area contributed by atoms with E-state index in [1.54, 1.807) is 18.2 Å². The molecule has 10 heteroatoms. The van der Waals surface area contributed by atoms with Crippen LogP contribution in [0.15, 0.2) is 47.6 Å². The van der Waals surface area contributed by atoms with E-state index in [1.807, 2.05) is 0 Å². The van der Waals surface area contributed by atoms with Crippen molar-refractivity contribution in [3.8, 4) is 5.75 Å². The Balaban J connectivity index is 1.79. The molecule has 2 rings (SSSR count). The molecule has 0 bridgehead atoms. The van der Waals surface area contributed by atoms with Gasteiger partial charge in [0.2, 0.25) is 0 Å². The van der Waals surface area contributed by atoms with Crippen molar-refractivity contribution in [2.75, 3.05) is 6.61 Å². The highest BCUT2D eigenvalue weighted by atomic mass is 35.5. The molecule has 0 aromatic heterocycles. The maximum Gasteiger partial charge on any atom is 0.335 e. The van der Waals surface area contributed by atoms with E-state index < -0.39 is 10.9 Å². The number of carbonyl (C=O) groups excluding carboxylic acids is 1. The number of oxime groups is 1. The first-order chi connectivity index (χ1) is 12.9. The number of rotatable bonds is 8. The van der Waals surface area contributed by atoms with E-state index in [-0.39, 0.29) is 30.1 Å². The molecule has 2 N–H and O–H groups in total. The topological polar surface area (TPSA) is 117 Å². The first-order valence-electron chi connectivity index (χ1n) is 7.73. The molecule has 27 heavy (non-hydrogen) atoms. The molecule has 2 aromatic carbocycles. The van der Waals surface area contributed by atoms with Crippen molar-refractivity contribution < 1.29 is 19.3 Å². The minimum absolute atomic E-state index is 0.0386. The summed E-state index contributed by atoms with van der Waals surface area (Å²) in [6.07, 6.45) is 0.404. The molecular weight excluding hydrogens is 397 g/mol. The monoisotopic (exact) mass is 411 g/mol. The standard InChI is InChI=1S/C17H15Cl2N3O5/c18-12-6-7-15(14(19)10-12)26-8-2-5-16(23)27-21-17(20)11-3-1-4-13(9-11)22(24)25/h1,3-4,6-7,9-10H,2,5,8H2,(H2,20,21). The van der Waals surface area contributed by atoms with Gasteiger partial charge in [0.1, 0.15) is 5.75 Å². The van der Waals surface area contributed by atoms with Gasteiger partial charge in [0.15, 0.2) is 5.84 Å². The van der Waals surface area contributed by atoms with Gasteiger partial charge in [-0.2, -0.15) is 0 Å². The number of non-ortho nitro benzene ring substituents is 1. The van der Waals surface area contributed by atoms with Gasteiger partial charge in [-0.3, -0.25) is 10.1 Å². The summed E-state index contributed by atoms with van der Waals surface area (Å²) in [6.45, 7) is 0.237. The number of hydrogen-bond donors (Lipinski definition) is 1. The summed E-state index contributed by atoms with van der Waals surface area (Å²) in [7, 11) is 0. The van der Waals surface area contributed by atoms with Gasteiger partial charge in [-0.15, -0.1) is 0 Å². The van der Waals surface area contributed by atoms with Gasteiger partial charge >= 0.3 is 5.97 Å². The maximum atomic E-state index is 11.7. The van der Waals surface area contributed by atoms with Crippen molar-refractivity contribution in [3.05, 3.63) is 68.2 Å². The van der Waals surface area contributed by atoms with Crippen LogP contribution >= 0.6 is 23.2 Å². The Bertz CT molecular complexity index is 873. The van der Waals surface area contributed by atoms with Crippen LogP contribution in [0.25, 0.3) is 0 Å². The normalized spacial score (nSPS) is 11.1. The largest absolute Gasteiger partial charge is 0.492 e. The third-order valence-electron chi connectivity index (χ3n) is 3.28. The number of halogens is 2. The Kier molecular flexibility index (Phi) is 7.39. The number of nitrogens with two attached hydrogens (primary N) is 1. The third-order valence-corrected chi connectivity index (χ3v) is 3.81. The van der Waals surface area contributed by atoms with Crippen molar-refractivity contribution in [1.29, 1.82) is 0 Å². The minimum atomic E-state index is -0.616. The highest BCUT2D eigenvalue weighted by Crippen LogP contribution is 2.27. The SMILES string of the molecule is N/C(=N/OC(=O)CCCOc1ccc(Cl)cc1Cl)c1cccc([N+](=O)[O-])c1. The van der Waals surface area contributed by atoms with Gasteiger partial charge in [0.05, 0.1) is 23.0 Å². The number of nitrogens with zero attached hydrogens (tertiary/aromatic N) is 2. The van der Waals surface area contributed by atoms with E-state index in [2.05, 4.69) is 5.16 Å². The van der Waals surface area contributed by atoms with Crippen LogP contribution in [0.5, 0.6) is 5.75 Å². The van der Waals surface area contributed by atoms with E-state index in [0.29, 0.717) is 22.2 Å². The molecule has 0 aliphatic rings. The van der Waals surface area contributed by atoms with Gasteiger partial charge in [0.25, 0.3) is 5.69 Å². The second-order valence-electron chi connectivity index (χ2n) is 5.27. The molecule has 0 aliphatic heterocycles. The lowest BCUT2D eigenvalue weighted by molar-refractivity contribution is -0.384. The minimum Gasteiger partial charge on any atom is -0.492 e. The Hall–Kier alpha value is -2.84. The van der Waals surface area contributed by atoms with Crippen LogP contribution in [0.2, 0.25) is 10.0 Å². The highest BCUT2D eigenvalue weighted by Gasteiger charge is 2.10. The predicted molar refractivity (Wildman–Crippen MR) is 101 cm³/mol. The van der Waals surface area contributed by atoms with E-state index in [4.69, 9.17) is 38.5 Å². The zero-order chi connectivity index (χ0) is 19.8. The fraction of sp³-hybridized carbons (Fsp3) is 0.176. The lowest BCUT2D eigenvalue weighted by Crippen LogP contribution is -2.15. The molecule has 0 amide bonds. The molecule has 0 radical (unpaired) electrons. The maximum absolute atomic E-state index is 11.7. The lowest BCUT2D eigenvalue weighted by atomic mass is 10.2. The summed E-state index contributed by atoms with van der Waals surface area (Å²) >= 11 is 11.8. The van der Waals surface area contributed by atoms with E-state index in [9.17, 15) is 14.9 Å². The Labute approximate surface area is 164 Å². The van der Waals surface area contributed by atoms with E-state index in [1.165, 1.54) is 24.3 Å². The van der Waals surface area contributed by atoms with Crippen LogP contribution in [0.1, 0.15) is 18.4 Å². The number of nitro groups is 1. The first kappa shape index (κ1) is 20.5. The van der Waals surface area contributed by atoms with Crippen LogP contribution in [0.3, 0.4) is 0 Å². The van der Waals surface area contributed by atoms with Crippen molar-refractivity contribution in [3.63, 3.8) is 0 Å². The number of amidine groups is 1. The number of ether oxygens (including phenoxy) is 1. The van der Waals surface area contributed by atoms with Crippen LogP contribution in [0, 0.1) is 10.1 Å². The molecular formula is C17H15Cl2N3O5. The molecule has 0 atom stereocenters. The van der Waals surface area contributed by atoms with Gasteiger partial charge < -0.3 is 15.3 Å². The smallest absolute Gasteiger partial charge is 0.335 e. The van der Waals surface area contributed by atoms with Crippen LogP contribution in [-0.4, -0.2) is 23.3 Å². The van der Waals surface area contributed by atoms with Gasteiger partial charge in [-0.1, -0.05) is 40.5 Å². The summed E-state index contributed by atoms with van der Waals surface area (Å²) in [5, 5.41) is 15.1.